The van der Waals surface area contributed by atoms with Gasteiger partial charge in [0.1, 0.15) is 5.03 Å². The number of rotatable bonds is 5. The van der Waals surface area contributed by atoms with E-state index < -0.39 is 10.0 Å². The monoisotopic (exact) mass is 419 g/mol. The predicted molar refractivity (Wildman–Crippen MR) is 112 cm³/mol. The number of aromatic nitrogens is 1. The van der Waals surface area contributed by atoms with Gasteiger partial charge in [-0.25, -0.2) is 13.4 Å². The van der Waals surface area contributed by atoms with Crippen LogP contribution in [0.15, 0.2) is 52.5 Å². The summed E-state index contributed by atoms with van der Waals surface area (Å²) in [4.78, 5) is 16.9. The maximum atomic E-state index is 12.9. The van der Waals surface area contributed by atoms with Gasteiger partial charge in [-0.2, -0.15) is 4.31 Å². The predicted octanol–water partition coefficient (Wildman–Crippen LogP) is 3.72. The smallest absolute Gasteiger partial charge is 0.258 e. The SMILES string of the molecule is CSc1ncccc1C(=O)Nc1ccc(S(=O)(=O)N2CC(C)CC(C)C2)cc1. The summed E-state index contributed by atoms with van der Waals surface area (Å²) >= 11 is 1.40. The molecular formula is C20H25N3O3S2. The Balaban J connectivity index is 1.75. The molecule has 6 nitrogen and oxygen atoms in total. The van der Waals surface area contributed by atoms with E-state index in [0.29, 0.717) is 41.2 Å². The van der Waals surface area contributed by atoms with Gasteiger partial charge in [-0.3, -0.25) is 4.79 Å². The van der Waals surface area contributed by atoms with Crippen LogP contribution in [0.3, 0.4) is 0 Å². The van der Waals surface area contributed by atoms with Crippen LogP contribution in [0.1, 0.15) is 30.6 Å². The Kier molecular flexibility index (Phi) is 6.42. The van der Waals surface area contributed by atoms with E-state index in [9.17, 15) is 13.2 Å². The lowest BCUT2D eigenvalue weighted by Crippen LogP contribution is -2.42. The van der Waals surface area contributed by atoms with Gasteiger partial charge >= 0.3 is 0 Å². The van der Waals surface area contributed by atoms with Crippen molar-refractivity contribution in [2.75, 3.05) is 24.7 Å². The van der Waals surface area contributed by atoms with Gasteiger partial charge in [0.25, 0.3) is 5.91 Å². The molecule has 1 saturated heterocycles. The molecule has 1 aliphatic heterocycles. The topological polar surface area (TPSA) is 79.4 Å². The average molecular weight is 420 g/mol. The molecule has 1 aromatic carbocycles. The zero-order valence-corrected chi connectivity index (χ0v) is 17.9. The minimum absolute atomic E-state index is 0.248. The second-order valence-corrected chi connectivity index (χ2v) is 10.0. The van der Waals surface area contributed by atoms with Gasteiger partial charge in [0.2, 0.25) is 10.0 Å². The summed E-state index contributed by atoms with van der Waals surface area (Å²) in [5.41, 5.74) is 1.03. The largest absolute Gasteiger partial charge is 0.322 e. The lowest BCUT2D eigenvalue weighted by Gasteiger charge is -2.34. The van der Waals surface area contributed by atoms with E-state index in [2.05, 4.69) is 24.1 Å². The Morgan fingerprint density at radius 1 is 1.14 bits per heavy atom. The zero-order chi connectivity index (χ0) is 20.3. The molecule has 0 spiro atoms. The third-order valence-corrected chi connectivity index (χ3v) is 7.35. The number of anilines is 1. The third kappa shape index (κ3) is 4.56. The first-order valence-corrected chi connectivity index (χ1v) is 11.9. The molecule has 1 N–H and O–H groups in total. The Hall–Kier alpha value is -1.90. The number of carbonyl (C=O) groups excluding carboxylic acids is 1. The summed E-state index contributed by atoms with van der Waals surface area (Å²) in [6.07, 6.45) is 4.55. The summed E-state index contributed by atoms with van der Waals surface area (Å²) in [6.45, 7) is 5.25. The Bertz CT molecular complexity index is 935. The van der Waals surface area contributed by atoms with Crippen LogP contribution >= 0.6 is 11.8 Å². The lowest BCUT2D eigenvalue weighted by molar-refractivity contribution is 0.102. The minimum atomic E-state index is -3.53. The molecule has 1 fully saturated rings. The summed E-state index contributed by atoms with van der Waals surface area (Å²) in [5, 5.41) is 3.45. The molecular weight excluding hydrogens is 394 g/mol. The molecule has 2 atom stereocenters. The second kappa shape index (κ2) is 8.63. The van der Waals surface area contributed by atoms with Crippen molar-refractivity contribution in [2.45, 2.75) is 30.2 Å². The first-order valence-electron chi connectivity index (χ1n) is 9.22. The fraction of sp³-hybridized carbons (Fsp3) is 0.400. The van der Waals surface area contributed by atoms with E-state index in [1.165, 1.54) is 11.8 Å². The van der Waals surface area contributed by atoms with Crippen LogP contribution in [0.5, 0.6) is 0 Å². The van der Waals surface area contributed by atoms with Crippen LogP contribution in [0, 0.1) is 11.8 Å². The van der Waals surface area contributed by atoms with Crippen molar-refractivity contribution in [2.24, 2.45) is 11.8 Å². The van der Waals surface area contributed by atoms with Gasteiger partial charge in [-0.15, -0.1) is 11.8 Å². The number of hydrogen-bond donors (Lipinski definition) is 1. The van der Waals surface area contributed by atoms with Crippen molar-refractivity contribution in [3.63, 3.8) is 0 Å². The number of benzene rings is 1. The number of carbonyl (C=O) groups is 1. The summed E-state index contributed by atoms with van der Waals surface area (Å²) in [6, 6.07) is 9.77. The van der Waals surface area contributed by atoms with Crippen molar-refractivity contribution in [3.05, 3.63) is 48.2 Å². The molecule has 3 rings (SSSR count). The highest BCUT2D eigenvalue weighted by atomic mass is 32.2. The van der Waals surface area contributed by atoms with Crippen LogP contribution in [0.4, 0.5) is 5.69 Å². The fourth-order valence-electron chi connectivity index (χ4n) is 3.59. The molecule has 1 amide bonds. The van der Waals surface area contributed by atoms with Crippen LogP contribution in [0.2, 0.25) is 0 Å². The summed E-state index contributed by atoms with van der Waals surface area (Å²) < 4.78 is 27.5. The third-order valence-electron chi connectivity index (χ3n) is 4.79. The molecule has 2 aromatic rings. The van der Waals surface area contributed by atoms with Crippen molar-refractivity contribution in [3.8, 4) is 0 Å². The molecule has 2 unspecified atom stereocenters. The molecule has 2 heterocycles. The van der Waals surface area contributed by atoms with Crippen molar-refractivity contribution >= 4 is 33.4 Å². The zero-order valence-electron chi connectivity index (χ0n) is 16.3. The van der Waals surface area contributed by atoms with Crippen molar-refractivity contribution < 1.29 is 13.2 Å². The Morgan fingerprint density at radius 2 is 1.79 bits per heavy atom. The van der Waals surface area contributed by atoms with Crippen molar-refractivity contribution in [1.29, 1.82) is 0 Å². The van der Waals surface area contributed by atoms with Gasteiger partial charge in [0.05, 0.1) is 10.5 Å². The maximum absolute atomic E-state index is 12.9. The molecule has 1 aromatic heterocycles. The number of nitrogens with one attached hydrogen (secondary N) is 1. The highest BCUT2D eigenvalue weighted by Crippen LogP contribution is 2.27. The average Bonchev–Trinajstić information content (AvgIpc) is 2.67. The van der Waals surface area contributed by atoms with Crippen LogP contribution in [0.25, 0.3) is 0 Å². The van der Waals surface area contributed by atoms with Gasteiger partial charge in [0.15, 0.2) is 0 Å². The number of sulfonamides is 1. The highest BCUT2D eigenvalue weighted by Gasteiger charge is 2.31. The maximum Gasteiger partial charge on any atom is 0.258 e. The van der Waals surface area contributed by atoms with E-state index in [0.717, 1.165) is 6.42 Å². The van der Waals surface area contributed by atoms with E-state index in [1.807, 2.05) is 6.26 Å². The Labute approximate surface area is 170 Å². The minimum Gasteiger partial charge on any atom is -0.322 e. The fourth-order valence-corrected chi connectivity index (χ4v) is 5.81. The first-order chi connectivity index (χ1) is 13.3. The number of pyridine rings is 1. The van der Waals surface area contributed by atoms with Gasteiger partial charge in [-0.05, 0) is 60.9 Å². The van der Waals surface area contributed by atoms with Crippen LogP contribution in [-0.4, -0.2) is 43.0 Å². The van der Waals surface area contributed by atoms with Gasteiger partial charge < -0.3 is 5.32 Å². The standard InChI is InChI=1S/C20H25N3O3S2/c1-14-11-15(2)13-23(12-14)28(25,26)17-8-6-16(7-9-17)22-19(24)18-5-4-10-21-20(18)27-3/h4-10,14-15H,11-13H2,1-3H3,(H,22,24). The second-order valence-electron chi connectivity index (χ2n) is 7.31. The molecule has 28 heavy (non-hydrogen) atoms. The van der Waals surface area contributed by atoms with E-state index in [-0.39, 0.29) is 10.8 Å². The highest BCUT2D eigenvalue weighted by molar-refractivity contribution is 7.98. The molecule has 150 valence electrons. The quantitative estimate of drug-likeness (QED) is 0.747. The number of piperidine rings is 1. The summed E-state index contributed by atoms with van der Waals surface area (Å²) in [5.74, 6) is 0.427. The van der Waals surface area contributed by atoms with E-state index in [4.69, 9.17) is 0 Å². The van der Waals surface area contributed by atoms with E-state index in [1.54, 1.807) is 46.9 Å². The first kappa shape index (κ1) is 20.8. The summed E-state index contributed by atoms with van der Waals surface area (Å²) in [7, 11) is -3.53. The number of nitrogens with zero attached hydrogens (tertiary/aromatic N) is 2. The van der Waals surface area contributed by atoms with Crippen LogP contribution < -0.4 is 5.32 Å². The van der Waals surface area contributed by atoms with Gasteiger partial charge in [-0.1, -0.05) is 13.8 Å². The number of thioether (sulfide) groups is 1. The number of hydrogen-bond acceptors (Lipinski definition) is 5. The normalized spacial score (nSPS) is 20.7. The number of amides is 1. The van der Waals surface area contributed by atoms with Crippen molar-refractivity contribution in [1.82, 2.24) is 9.29 Å². The molecule has 0 radical (unpaired) electrons. The molecule has 0 saturated carbocycles. The lowest BCUT2D eigenvalue weighted by atomic mass is 9.94. The van der Waals surface area contributed by atoms with E-state index >= 15 is 0 Å². The van der Waals surface area contributed by atoms with Crippen LogP contribution in [-0.2, 0) is 10.0 Å². The molecule has 0 aliphatic carbocycles. The Morgan fingerprint density at radius 3 is 2.39 bits per heavy atom. The van der Waals surface area contributed by atoms with Gasteiger partial charge in [0, 0.05) is 25.0 Å². The molecule has 0 bridgehead atoms. The molecule has 1 aliphatic rings. The molecule has 8 heteroatoms.